The second-order valence-electron chi connectivity index (χ2n) is 4.38. The van der Waals surface area contributed by atoms with Crippen LogP contribution < -0.4 is 0 Å². The zero-order valence-electron chi connectivity index (χ0n) is 11.2. The first-order valence-corrected chi connectivity index (χ1v) is 6.11. The van der Waals surface area contributed by atoms with E-state index in [0.29, 0.717) is 6.54 Å². The number of hydrogen-bond donors (Lipinski definition) is 1. The summed E-state index contributed by atoms with van der Waals surface area (Å²) < 4.78 is 5.30. The van der Waals surface area contributed by atoms with Crippen LogP contribution in [0.15, 0.2) is 30.3 Å². The molecule has 0 radical (unpaired) electrons. The number of aliphatic hydroxyl groups excluding tert-OH is 1. The highest BCUT2D eigenvalue weighted by Crippen LogP contribution is 2.20. The molecule has 0 heterocycles. The van der Waals surface area contributed by atoms with Crippen LogP contribution in [-0.4, -0.2) is 42.2 Å². The summed E-state index contributed by atoms with van der Waals surface area (Å²) >= 11 is 0. The zero-order valence-corrected chi connectivity index (χ0v) is 11.2. The lowest BCUT2D eigenvalue weighted by Crippen LogP contribution is -2.42. The first-order chi connectivity index (χ1) is 8.61. The van der Waals surface area contributed by atoms with Crippen molar-refractivity contribution in [2.75, 3.05) is 20.3 Å². The van der Waals surface area contributed by atoms with E-state index in [2.05, 4.69) is 0 Å². The minimum absolute atomic E-state index is 0.0333. The summed E-state index contributed by atoms with van der Waals surface area (Å²) in [5, 5.41) is 9.02. The molecule has 18 heavy (non-hydrogen) atoms. The second kappa shape index (κ2) is 7.13. The Hall–Kier alpha value is -1.39. The molecule has 1 unspecified atom stereocenters. The van der Waals surface area contributed by atoms with E-state index < -0.39 is 6.10 Å². The molecule has 1 rings (SSSR count). The summed E-state index contributed by atoms with van der Waals surface area (Å²) in [6, 6.07) is 9.41. The van der Waals surface area contributed by atoms with Gasteiger partial charge in [-0.25, -0.2) is 0 Å². The lowest BCUT2D eigenvalue weighted by atomic mass is 10.1. The summed E-state index contributed by atoms with van der Waals surface area (Å²) in [7, 11) is 1.52. The third-order valence-corrected chi connectivity index (χ3v) is 2.81. The van der Waals surface area contributed by atoms with E-state index >= 15 is 0 Å². The van der Waals surface area contributed by atoms with Gasteiger partial charge in [-0.05, 0) is 19.4 Å². The van der Waals surface area contributed by atoms with Crippen molar-refractivity contribution in [1.29, 1.82) is 0 Å². The monoisotopic (exact) mass is 251 g/mol. The quantitative estimate of drug-likeness (QED) is 0.835. The number of amides is 1. The summed E-state index contributed by atoms with van der Waals surface area (Å²) in [5.74, 6) is -0.118. The maximum atomic E-state index is 12.4. The molecule has 4 heteroatoms. The standard InChI is InChI=1S/C14H21NO3/c1-11(2)15(9-10-16)14(17)13(18-3)12-7-5-4-6-8-12/h4-8,11,13,16H,9-10H2,1-3H3. The number of carbonyl (C=O) groups excluding carboxylic acids is 1. The van der Waals surface area contributed by atoms with Crippen molar-refractivity contribution in [3.63, 3.8) is 0 Å². The van der Waals surface area contributed by atoms with Crippen molar-refractivity contribution in [2.45, 2.75) is 26.0 Å². The Morgan fingerprint density at radius 2 is 1.94 bits per heavy atom. The molecule has 1 N–H and O–H groups in total. The van der Waals surface area contributed by atoms with Gasteiger partial charge in [0.15, 0.2) is 6.10 Å². The van der Waals surface area contributed by atoms with Crippen LogP contribution in [0.4, 0.5) is 0 Å². The maximum Gasteiger partial charge on any atom is 0.256 e. The van der Waals surface area contributed by atoms with Gasteiger partial charge in [-0.3, -0.25) is 4.79 Å². The number of rotatable bonds is 6. The van der Waals surface area contributed by atoms with Crippen molar-refractivity contribution in [2.24, 2.45) is 0 Å². The van der Waals surface area contributed by atoms with E-state index in [4.69, 9.17) is 9.84 Å². The Bertz CT molecular complexity index is 365. The molecule has 0 saturated carbocycles. The van der Waals surface area contributed by atoms with Gasteiger partial charge in [0.25, 0.3) is 5.91 Å². The van der Waals surface area contributed by atoms with Crippen molar-refractivity contribution in [3.05, 3.63) is 35.9 Å². The Balaban J connectivity index is 2.90. The van der Waals surface area contributed by atoms with E-state index in [-0.39, 0.29) is 18.6 Å². The van der Waals surface area contributed by atoms with Crippen molar-refractivity contribution in [3.8, 4) is 0 Å². The zero-order chi connectivity index (χ0) is 13.5. The molecule has 1 aromatic carbocycles. The molecule has 0 spiro atoms. The fourth-order valence-electron chi connectivity index (χ4n) is 1.89. The molecular weight excluding hydrogens is 230 g/mol. The van der Waals surface area contributed by atoms with E-state index in [1.54, 1.807) is 4.90 Å². The number of hydrogen-bond acceptors (Lipinski definition) is 3. The van der Waals surface area contributed by atoms with Gasteiger partial charge in [0.05, 0.1) is 6.61 Å². The largest absolute Gasteiger partial charge is 0.395 e. The van der Waals surface area contributed by atoms with Crippen LogP contribution in [0.1, 0.15) is 25.5 Å². The highest BCUT2D eigenvalue weighted by molar-refractivity contribution is 5.82. The number of aliphatic hydroxyl groups is 1. The molecule has 0 aliphatic carbocycles. The number of nitrogens with zero attached hydrogens (tertiary/aromatic N) is 1. The molecular formula is C14H21NO3. The summed E-state index contributed by atoms with van der Waals surface area (Å²) in [5.41, 5.74) is 0.827. The highest BCUT2D eigenvalue weighted by Gasteiger charge is 2.26. The first-order valence-electron chi connectivity index (χ1n) is 6.11. The van der Waals surface area contributed by atoms with Crippen LogP contribution in [0, 0.1) is 0 Å². The maximum absolute atomic E-state index is 12.4. The minimum Gasteiger partial charge on any atom is -0.395 e. The number of benzene rings is 1. The van der Waals surface area contributed by atoms with E-state index in [1.807, 2.05) is 44.2 Å². The second-order valence-corrected chi connectivity index (χ2v) is 4.38. The molecule has 0 saturated heterocycles. The fraction of sp³-hybridized carbons (Fsp3) is 0.500. The van der Waals surface area contributed by atoms with Crippen molar-refractivity contribution >= 4 is 5.91 Å². The Morgan fingerprint density at radius 1 is 1.33 bits per heavy atom. The van der Waals surface area contributed by atoms with Crippen LogP contribution in [0.3, 0.4) is 0 Å². The molecule has 0 aliphatic rings. The Kier molecular flexibility index (Phi) is 5.82. The predicted octanol–water partition coefficient (Wildman–Crippen LogP) is 1.60. The van der Waals surface area contributed by atoms with Gasteiger partial charge in [-0.2, -0.15) is 0 Å². The van der Waals surface area contributed by atoms with E-state index in [0.717, 1.165) is 5.56 Å². The number of carbonyl (C=O) groups is 1. The molecule has 1 aromatic rings. The molecule has 0 aliphatic heterocycles. The molecule has 0 aromatic heterocycles. The molecule has 1 amide bonds. The van der Waals surface area contributed by atoms with Crippen LogP contribution in [0.25, 0.3) is 0 Å². The number of ether oxygens (including phenoxy) is 1. The third-order valence-electron chi connectivity index (χ3n) is 2.81. The van der Waals surface area contributed by atoms with Gasteiger partial charge in [-0.1, -0.05) is 30.3 Å². The van der Waals surface area contributed by atoms with Crippen LogP contribution in [-0.2, 0) is 9.53 Å². The SMILES string of the molecule is COC(C(=O)N(CCO)C(C)C)c1ccccc1. The Labute approximate surface area is 108 Å². The third kappa shape index (κ3) is 3.55. The van der Waals surface area contributed by atoms with Crippen LogP contribution in [0.5, 0.6) is 0 Å². The van der Waals surface area contributed by atoms with Crippen molar-refractivity contribution in [1.82, 2.24) is 4.90 Å². The van der Waals surface area contributed by atoms with Gasteiger partial charge >= 0.3 is 0 Å². The van der Waals surface area contributed by atoms with E-state index in [1.165, 1.54) is 7.11 Å². The topological polar surface area (TPSA) is 49.8 Å². The summed E-state index contributed by atoms with van der Waals surface area (Å²) in [6.07, 6.45) is -0.611. The van der Waals surface area contributed by atoms with Gasteiger partial charge in [-0.15, -0.1) is 0 Å². The smallest absolute Gasteiger partial charge is 0.256 e. The molecule has 0 fully saturated rings. The molecule has 4 nitrogen and oxygen atoms in total. The highest BCUT2D eigenvalue weighted by atomic mass is 16.5. The first kappa shape index (κ1) is 14.7. The summed E-state index contributed by atoms with van der Waals surface area (Å²) in [6.45, 7) is 4.12. The molecule has 100 valence electrons. The van der Waals surface area contributed by atoms with E-state index in [9.17, 15) is 4.79 Å². The Morgan fingerprint density at radius 3 is 2.39 bits per heavy atom. The molecule has 1 atom stereocenters. The van der Waals surface area contributed by atoms with Crippen LogP contribution >= 0.6 is 0 Å². The van der Waals surface area contributed by atoms with Crippen LogP contribution in [0.2, 0.25) is 0 Å². The lowest BCUT2D eigenvalue weighted by Gasteiger charge is -2.29. The predicted molar refractivity (Wildman–Crippen MR) is 70.1 cm³/mol. The molecule has 0 bridgehead atoms. The van der Waals surface area contributed by atoms with Gasteiger partial charge in [0.1, 0.15) is 0 Å². The van der Waals surface area contributed by atoms with Crippen molar-refractivity contribution < 1.29 is 14.6 Å². The summed E-state index contributed by atoms with van der Waals surface area (Å²) in [4.78, 5) is 14.0. The number of methoxy groups -OCH3 is 1. The fourth-order valence-corrected chi connectivity index (χ4v) is 1.89. The average Bonchev–Trinajstić information content (AvgIpc) is 2.37. The van der Waals surface area contributed by atoms with Gasteiger partial charge in [0.2, 0.25) is 0 Å². The minimum atomic E-state index is -0.611. The van der Waals surface area contributed by atoms with Gasteiger partial charge in [0, 0.05) is 19.7 Å². The lowest BCUT2D eigenvalue weighted by molar-refractivity contribution is -0.144. The van der Waals surface area contributed by atoms with Gasteiger partial charge < -0.3 is 14.7 Å². The average molecular weight is 251 g/mol. The normalized spacial score (nSPS) is 12.5.